The van der Waals surface area contributed by atoms with Crippen LogP contribution in [0.25, 0.3) is 0 Å². The smallest absolute Gasteiger partial charge is 0.339 e. The number of aryl methyl sites for hydroxylation is 3. The van der Waals surface area contributed by atoms with Crippen LogP contribution in [0.2, 0.25) is 0 Å². The van der Waals surface area contributed by atoms with Gasteiger partial charge in [-0.3, -0.25) is 4.68 Å². The van der Waals surface area contributed by atoms with Gasteiger partial charge in [0.15, 0.2) is 0 Å². The molecule has 0 fully saturated rings. The first kappa shape index (κ1) is 14.0. The van der Waals surface area contributed by atoms with Crippen LogP contribution < -0.4 is 5.32 Å². The number of nitrogens with one attached hydrogen (secondary N) is 1. The van der Waals surface area contributed by atoms with Crippen LogP contribution >= 0.6 is 0 Å². The maximum atomic E-state index is 11.5. The number of pyridine rings is 1. The van der Waals surface area contributed by atoms with Crippen LogP contribution in [-0.4, -0.2) is 27.8 Å². The predicted octanol–water partition coefficient (Wildman–Crippen LogP) is 1.83. The number of carbonyl (C=O) groups excluding carboxylic acids is 1. The van der Waals surface area contributed by atoms with Gasteiger partial charge in [-0.1, -0.05) is 0 Å². The number of methoxy groups -OCH3 is 1. The van der Waals surface area contributed by atoms with Gasteiger partial charge in [0.1, 0.15) is 5.82 Å². The van der Waals surface area contributed by atoms with Gasteiger partial charge in [-0.2, -0.15) is 5.10 Å². The van der Waals surface area contributed by atoms with Gasteiger partial charge < -0.3 is 10.1 Å². The molecule has 0 aromatic carbocycles. The molecule has 2 rings (SSSR count). The summed E-state index contributed by atoms with van der Waals surface area (Å²) >= 11 is 0. The third-order valence-electron chi connectivity index (χ3n) is 3.07. The van der Waals surface area contributed by atoms with E-state index < -0.39 is 0 Å². The van der Waals surface area contributed by atoms with Crippen LogP contribution in [0, 0.1) is 13.8 Å². The van der Waals surface area contributed by atoms with Gasteiger partial charge >= 0.3 is 5.97 Å². The lowest BCUT2D eigenvalue weighted by molar-refractivity contribution is 0.0599. The first-order valence-corrected chi connectivity index (χ1v) is 6.30. The molecule has 0 aliphatic heterocycles. The van der Waals surface area contributed by atoms with Crippen molar-refractivity contribution in [3.8, 4) is 0 Å². The van der Waals surface area contributed by atoms with E-state index in [2.05, 4.69) is 15.4 Å². The number of hydrogen-bond donors (Lipinski definition) is 1. The molecule has 0 bridgehead atoms. The fraction of sp³-hybridized carbons (Fsp3) is 0.357. The lowest BCUT2D eigenvalue weighted by Gasteiger charge is -2.08. The van der Waals surface area contributed by atoms with E-state index in [1.165, 1.54) is 7.11 Å². The van der Waals surface area contributed by atoms with Crippen LogP contribution in [0.4, 0.5) is 5.82 Å². The zero-order chi connectivity index (χ0) is 14.7. The molecule has 1 N–H and O–H groups in total. The fourth-order valence-electron chi connectivity index (χ4n) is 1.99. The average molecular weight is 274 g/mol. The number of hydrogen-bond acceptors (Lipinski definition) is 5. The highest BCUT2D eigenvalue weighted by molar-refractivity contribution is 5.90. The van der Waals surface area contributed by atoms with Gasteiger partial charge in [0, 0.05) is 25.4 Å². The number of anilines is 1. The van der Waals surface area contributed by atoms with Crippen molar-refractivity contribution < 1.29 is 9.53 Å². The standard InChI is InChI=1S/C14H18N4O2/c1-9-11(8-18(3)17-9)7-15-13-6-5-12(10(2)16-13)14(19)20-4/h5-6,8H,7H2,1-4H3,(H,15,16). The molecular formula is C14H18N4O2. The second-order valence-corrected chi connectivity index (χ2v) is 4.59. The molecule has 0 aliphatic carbocycles. The monoisotopic (exact) mass is 274 g/mol. The molecule has 0 atom stereocenters. The average Bonchev–Trinajstić information content (AvgIpc) is 2.74. The van der Waals surface area contributed by atoms with Crippen molar-refractivity contribution in [2.45, 2.75) is 20.4 Å². The predicted molar refractivity (Wildman–Crippen MR) is 75.6 cm³/mol. The molecule has 6 heteroatoms. The Morgan fingerprint density at radius 3 is 2.65 bits per heavy atom. The lowest BCUT2D eigenvalue weighted by atomic mass is 10.2. The summed E-state index contributed by atoms with van der Waals surface area (Å²) in [5.41, 5.74) is 3.23. The van der Waals surface area contributed by atoms with Crippen LogP contribution in [0.5, 0.6) is 0 Å². The Hall–Kier alpha value is -2.37. The first-order valence-electron chi connectivity index (χ1n) is 6.30. The van der Waals surface area contributed by atoms with E-state index in [1.807, 2.05) is 20.2 Å². The third kappa shape index (κ3) is 2.96. The first-order chi connectivity index (χ1) is 9.51. The molecule has 0 amide bonds. The summed E-state index contributed by atoms with van der Waals surface area (Å²) in [7, 11) is 3.25. The molecule has 2 aromatic rings. The van der Waals surface area contributed by atoms with Crippen molar-refractivity contribution in [3.63, 3.8) is 0 Å². The minimum absolute atomic E-state index is 0.371. The molecule has 0 saturated heterocycles. The van der Waals surface area contributed by atoms with E-state index in [0.717, 1.165) is 17.1 Å². The van der Waals surface area contributed by atoms with Gasteiger partial charge in [-0.05, 0) is 26.0 Å². The second-order valence-electron chi connectivity index (χ2n) is 4.59. The number of aromatic nitrogens is 3. The summed E-state index contributed by atoms with van der Waals surface area (Å²) in [6, 6.07) is 3.48. The maximum Gasteiger partial charge on any atom is 0.339 e. The van der Waals surface area contributed by atoms with E-state index in [4.69, 9.17) is 4.74 Å². The summed E-state index contributed by atoms with van der Waals surface area (Å²) in [4.78, 5) is 15.8. The van der Waals surface area contributed by atoms with E-state index in [9.17, 15) is 4.79 Å². The molecule has 106 valence electrons. The Morgan fingerprint density at radius 2 is 2.10 bits per heavy atom. The van der Waals surface area contributed by atoms with Gasteiger partial charge in [0.25, 0.3) is 0 Å². The van der Waals surface area contributed by atoms with Crippen molar-refractivity contribution in [3.05, 3.63) is 40.8 Å². The molecular weight excluding hydrogens is 256 g/mol. The topological polar surface area (TPSA) is 69.0 Å². The Kier molecular flexibility index (Phi) is 4.02. The molecule has 2 aromatic heterocycles. The van der Waals surface area contributed by atoms with Crippen LogP contribution in [0.3, 0.4) is 0 Å². The maximum absolute atomic E-state index is 11.5. The van der Waals surface area contributed by atoms with Crippen molar-refractivity contribution in [2.24, 2.45) is 7.05 Å². The number of carbonyl (C=O) groups is 1. The fourth-order valence-corrected chi connectivity index (χ4v) is 1.99. The molecule has 0 spiro atoms. The summed E-state index contributed by atoms with van der Waals surface area (Å²) in [6.45, 7) is 4.40. The van der Waals surface area contributed by atoms with Gasteiger partial charge in [-0.15, -0.1) is 0 Å². The number of nitrogens with zero attached hydrogens (tertiary/aromatic N) is 3. The molecule has 2 heterocycles. The normalized spacial score (nSPS) is 10.4. The Morgan fingerprint density at radius 1 is 1.35 bits per heavy atom. The van der Waals surface area contributed by atoms with Crippen LogP contribution in [-0.2, 0) is 18.3 Å². The third-order valence-corrected chi connectivity index (χ3v) is 3.07. The van der Waals surface area contributed by atoms with Crippen LogP contribution in [0.15, 0.2) is 18.3 Å². The zero-order valence-corrected chi connectivity index (χ0v) is 12.1. The quantitative estimate of drug-likeness (QED) is 0.861. The molecule has 0 radical (unpaired) electrons. The highest BCUT2D eigenvalue weighted by Crippen LogP contribution is 2.13. The van der Waals surface area contributed by atoms with Crippen molar-refractivity contribution in [2.75, 3.05) is 12.4 Å². The summed E-state index contributed by atoms with van der Waals surface area (Å²) in [6.07, 6.45) is 1.97. The minimum atomic E-state index is -0.371. The molecule has 6 nitrogen and oxygen atoms in total. The van der Waals surface area contributed by atoms with Gasteiger partial charge in [-0.25, -0.2) is 9.78 Å². The SMILES string of the molecule is COC(=O)c1ccc(NCc2cn(C)nc2C)nc1C. The van der Waals surface area contributed by atoms with E-state index >= 15 is 0 Å². The largest absolute Gasteiger partial charge is 0.465 e. The Balaban J connectivity index is 2.09. The highest BCUT2D eigenvalue weighted by atomic mass is 16.5. The van der Waals surface area contributed by atoms with Crippen molar-refractivity contribution in [1.29, 1.82) is 0 Å². The molecule has 0 aliphatic rings. The number of rotatable bonds is 4. The number of ether oxygens (including phenoxy) is 1. The lowest BCUT2D eigenvalue weighted by Crippen LogP contribution is -2.08. The summed E-state index contributed by atoms with van der Waals surface area (Å²) < 4.78 is 6.48. The number of esters is 1. The summed E-state index contributed by atoms with van der Waals surface area (Å²) in [5.74, 6) is 0.350. The van der Waals surface area contributed by atoms with Gasteiger partial charge in [0.2, 0.25) is 0 Å². The van der Waals surface area contributed by atoms with Crippen molar-refractivity contribution in [1.82, 2.24) is 14.8 Å². The second kappa shape index (κ2) is 5.73. The molecule has 0 saturated carbocycles. The highest BCUT2D eigenvalue weighted by Gasteiger charge is 2.11. The van der Waals surface area contributed by atoms with Crippen LogP contribution in [0.1, 0.15) is 27.3 Å². The van der Waals surface area contributed by atoms with E-state index in [0.29, 0.717) is 17.8 Å². The molecule has 0 unspecified atom stereocenters. The van der Waals surface area contributed by atoms with Gasteiger partial charge in [0.05, 0.1) is 24.1 Å². The minimum Gasteiger partial charge on any atom is -0.465 e. The van der Waals surface area contributed by atoms with E-state index in [1.54, 1.807) is 23.7 Å². The zero-order valence-electron chi connectivity index (χ0n) is 12.1. The van der Waals surface area contributed by atoms with Crippen molar-refractivity contribution >= 4 is 11.8 Å². The summed E-state index contributed by atoms with van der Waals surface area (Å²) in [5, 5.41) is 7.51. The Labute approximate surface area is 117 Å². The Bertz CT molecular complexity index is 634. The van der Waals surface area contributed by atoms with E-state index in [-0.39, 0.29) is 5.97 Å². The molecule has 20 heavy (non-hydrogen) atoms.